The molecule has 0 bridgehead atoms. The van der Waals surface area contributed by atoms with Crippen LogP contribution < -0.4 is 5.32 Å². The second-order valence-corrected chi connectivity index (χ2v) is 5.28. The van der Waals surface area contributed by atoms with Crippen molar-refractivity contribution in [1.82, 2.24) is 0 Å². The third-order valence-electron chi connectivity index (χ3n) is 2.93. The Labute approximate surface area is 124 Å². The van der Waals surface area contributed by atoms with Gasteiger partial charge in [0.05, 0.1) is 0 Å². The molecule has 1 amide bonds. The molecule has 0 atom stereocenters. The monoisotopic (exact) mass is 333 g/mol. The van der Waals surface area contributed by atoms with Gasteiger partial charge in [0.1, 0.15) is 19.5 Å². The summed E-state index contributed by atoms with van der Waals surface area (Å²) in [7, 11) is 0. The van der Waals surface area contributed by atoms with Gasteiger partial charge in [0.25, 0.3) is 5.91 Å². The van der Waals surface area contributed by atoms with Crippen molar-refractivity contribution in [3.8, 4) is 0 Å². The summed E-state index contributed by atoms with van der Waals surface area (Å²) in [6, 6.07) is 11.7. The Kier molecular flexibility index (Phi) is 3.60. The first-order valence-corrected chi connectivity index (χ1v) is 6.97. The number of amides is 1. The van der Waals surface area contributed by atoms with Gasteiger partial charge in [-0.3, -0.25) is 4.79 Å². The molecule has 1 aliphatic heterocycles. The summed E-state index contributed by atoms with van der Waals surface area (Å²) < 4.78 is 11.3. The summed E-state index contributed by atoms with van der Waals surface area (Å²) in [5, 5.41) is 4.96. The van der Waals surface area contributed by atoms with E-state index in [0.29, 0.717) is 13.2 Å². The number of rotatable bonds is 2. The Morgan fingerprint density at radius 1 is 1.10 bits per heavy atom. The highest BCUT2D eigenvalue weighted by molar-refractivity contribution is 9.10. The molecule has 0 radical (unpaired) electrons. The van der Waals surface area contributed by atoms with Gasteiger partial charge in [-0.2, -0.15) is 0 Å². The predicted octanol–water partition coefficient (Wildman–Crippen LogP) is 3.43. The van der Waals surface area contributed by atoms with Crippen LogP contribution in [-0.4, -0.2) is 19.1 Å². The van der Waals surface area contributed by atoms with Crippen molar-refractivity contribution in [3.63, 3.8) is 0 Å². The Hall–Kier alpha value is -2.01. The minimum atomic E-state index is -0.304. The summed E-state index contributed by atoms with van der Waals surface area (Å²) in [4.78, 5) is 12.0. The standard InChI is InChI=1S/C15H12BrNO3/c16-12-3-1-11-8-13(4-2-10(11)7-12)17-15(18)14-9-19-5-6-20-14/h1-4,7-9H,5-6H2,(H,17,18). The topological polar surface area (TPSA) is 47.6 Å². The average molecular weight is 334 g/mol. The lowest BCUT2D eigenvalue weighted by Crippen LogP contribution is -2.21. The van der Waals surface area contributed by atoms with E-state index >= 15 is 0 Å². The number of anilines is 1. The number of hydrogen-bond donors (Lipinski definition) is 1. The van der Waals surface area contributed by atoms with Crippen LogP contribution in [0.2, 0.25) is 0 Å². The molecule has 2 aromatic carbocycles. The van der Waals surface area contributed by atoms with Gasteiger partial charge in [-0.05, 0) is 35.0 Å². The van der Waals surface area contributed by atoms with Crippen molar-refractivity contribution in [2.75, 3.05) is 18.5 Å². The second-order valence-electron chi connectivity index (χ2n) is 4.36. The van der Waals surface area contributed by atoms with E-state index in [4.69, 9.17) is 9.47 Å². The first-order valence-electron chi connectivity index (χ1n) is 6.18. The zero-order valence-corrected chi connectivity index (χ0v) is 12.1. The Morgan fingerprint density at radius 2 is 1.90 bits per heavy atom. The van der Waals surface area contributed by atoms with Crippen molar-refractivity contribution in [1.29, 1.82) is 0 Å². The van der Waals surface area contributed by atoms with Crippen LogP contribution in [0.1, 0.15) is 0 Å². The van der Waals surface area contributed by atoms with Crippen LogP contribution in [0.5, 0.6) is 0 Å². The first-order chi connectivity index (χ1) is 9.72. The van der Waals surface area contributed by atoms with Crippen LogP contribution in [0.3, 0.4) is 0 Å². The maximum absolute atomic E-state index is 12.0. The number of carbonyl (C=O) groups excluding carboxylic acids is 1. The molecular formula is C15H12BrNO3. The molecule has 0 saturated heterocycles. The Balaban J connectivity index is 1.82. The van der Waals surface area contributed by atoms with E-state index in [1.54, 1.807) is 0 Å². The lowest BCUT2D eigenvalue weighted by molar-refractivity contribution is -0.117. The summed E-state index contributed by atoms with van der Waals surface area (Å²) in [6.45, 7) is 0.868. The summed E-state index contributed by atoms with van der Waals surface area (Å²) in [5.41, 5.74) is 0.722. The summed E-state index contributed by atoms with van der Waals surface area (Å²) >= 11 is 3.44. The molecule has 102 valence electrons. The highest BCUT2D eigenvalue weighted by atomic mass is 79.9. The highest BCUT2D eigenvalue weighted by Crippen LogP contribution is 2.23. The van der Waals surface area contributed by atoms with E-state index in [-0.39, 0.29) is 11.7 Å². The number of hydrogen-bond acceptors (Lipinski definition) is 3. The van der Waals surface area contributed by atoms with Crippen LogP contribution in [-0.2, 0) is 14.3 Å². The van der Waals surface area contributed by atoms with Crippen LogP contribution in [0.25, 0.3) is 10.8 Å². The van der Waals surface area contributed by atoms with E-state index in [1.807, 2.05) is 36.4 Å². The molecule has 4 nitrogen and oxygen atoms in total. The smallest absolute Gasteiger partial charge is 0.294 e. The van der Waals surface area contributed by atoms with Gasteiger partial charge in [-0.1, -0.05) is 28.1 Å². The average Bonchev–Trinajstić information content (AvgIpc) is 2.48. The van der Waals surface area contributed by atoms with E-state index < -0.39 is 0 Å². The lowest BCUT2D eigenvalue weighted by atomic mass is 10.1. The number of nitrogens with one attached hydrogen (secondary N) is 1. The largest absolute Gasteiger partial charge is 0.494 e. The Morgan fingerprint density at radius 3 is 2.70 bits per heavy atom. The first kappa shape index (κ1) is 13.0. The zero-order chi connectivity index (χ0) is 13.9. The molecule has 0 aliphatic carbocycles. The number of benzene rings is 2. The number of halogens is 1. The number of fused-ring (bicyclic) bond motifs is 1. The zero-order valence-electron chi connectivity index (χ0n) is 10.6. The van der Waals surface area contributed by atoms with Crippen molar-refractivity contribution >= 4 is 38.3 Å². The van der Waals surface area contributed by atoms with Crippen LogP contribution >= 0.6 is 15.9 Å². The molecule has 3 rings (SSSR count). The molecule has 1 heterocycles. The van der Waals surface area contributed by atoms with E-state index in [1.165, 1.54) is 6.26 Å². The number of ether oxygens (including phenoxy) is 2. The molecular weight excluding hydrogens is 322 g/mol. The molecule has 0 saturated carbocycles. The van der Waals surface area contributed by atoms with E-state index in [9.17, 15) is 4.79 Å². The van der Waals surface area contributed by atoms with Crippen LogP contribution in [0.4, 0.5) is 5.69 Å². The maximum atomic E-state index is 12.0. The molecule has 2 aromatic rings. The van der Waals surface area contributed by atoms with Crippen LogP contribution in [0.15, 0.2) is 52.9 Å². The van der Waals surface area contributed by atoms with Gasteiger partial charge in [-0.25, -0.2) is 0 Å². The maximum Gasteiger partial charge on any atom is 0.294 e. The van der Waals surface area contributed by atoms with Crippen LogP contribution in [0, 0.1) is 0 Å². The van der Waals surface area contributed by atoms with E-state index in [2.05, 4.69) is 21.2 Å². The molecule has 1 N–H and O–H groups in total. The predicted molar refractivity (Wildman–Crippen MR) is 80.3 cm³/mol. The van der Waals surface area contributed by atoms with Gasteiger partial charge in [-0.15, -0.1) is 0 Å². The number of carbonyl (C=O) groups is 1. The van der Waals surface area contributed by atoms with E-state index in [0.717, 1.165) is 20.9 Å². The third kappa shape index (κ3) is 2.77. The highest BCUT2D eigenvalue weighted by Gasteiger charge is 2.15. The van der Waals surface area contributed by atoms with Gasteiger partial charge >= 0.3 is 0 Å². The molecule has 0 spiro atoms. The van der Waals surface area contributed by atoms with Crippen molar-refractivity contribution in [2.24, 2.45) is 0 Å². The molecule has 1 aliphatic rings. The fourth-order valence-electron chi connectivity index (χ4n) is 1.97. The van der Waals surface area contributed by atoms with Gasteiger partial charge in [0.15, 0.2) is 0 Å². The van der Waals surface area contributed by atoms with Gasteiger partial charge in [0, 0.05) is 10.2 Å². The lowest BCUT2D eigenvalue weighted by Gasteiger charge is -2.15. The van der Waals surface area contributed by atoms with Crippen molar-refractivity contribution in [3.05, 3.63) is 52.9 Å². The second kappa shape index (κ2) is 5.54. The molecule has 5 heteroatoms. The van der Waals surface area contributed by atoms with Crippen molar-refractivity contribution in [2.45, 2.75) is 0 Å². The molecule has 0 unspecified atom stereocenters. The fraction of sp³-hybridized carbons (Fsp3) is 0.133. The quantitative estimate of drug-likeness (QED) is 0.915. The minimum absolute atomic E-state index is 0.201. The van der Waals surface area contributed by atoms with Crippen molar-refractivity contribution < 1.29 is 14.3 Å². The molecule has 0 fully saturated rings. The van der Waals surface area contributed by atoms with Gasteiger partial charge < -0.3 is 14.8 Å². The minimum Gasteiger partial charge on any atom is -0.494 e. The SMILES string of the molecule is O=C(Nc1ccc2cc(Br)ccc2c1)C1=COCCO1. The summed E-state index contributed by atoms with van der Waals surface area (Å²) in [6.07, 6.45) is 1.34. The Bertz CT molecular complexity index is 697. The molecule has 0 aromatic heterocycles. The summed E-state index contributed by atoms with van der Waals surface area (Å²) in [5.74, 6) is -0.103. The van der Waals surface area contributed by atoms with Gasteiger partial charge in [0.2, 0.25) is 5.76 Å². The third-order valence-corrected chi connectivity index (χ3v) is 3.43. The normalized spacial score (nSPS) is 14.2. The fourth-order valence-corrected chi connectivity index (χ4v) is 2.35. The molecule has 20 heavy (non-hydrogen) atoms.